The van der Waals surface area contributed by atoms with Crippen molar-refractivity contribution >= 4 is 16.0 Å². The van der Waals surface area contributed by atoms with Crippen LogP contribution in [-0.2, 0) is 19.6 Å². The van der Waals surface area contributed by atoms with Gasteiger partial charge in [-0.25, -0.2) is 8.42 Å². The van der Waals surface area contributed by atoms with Gasteiger partial charge in [0.05, 0.1) is 16.4 Å². The second-order valence-corrected chi connectivity index (χ2v) is 9.29. The number of benzene rings is 1. The highest BCUT2D eigenvalue weighted by Crippen LogP contribution is 2.27. The van der Waals surface area contributed by atoms with Crippen LogP contribution < -0.4 is 0 Å². The van der Waals surface area contributed by atoms with Crippen LogP contribution in [0.3, 0.4) is 0 Å². The number of nitrogens with zero attached hydrogens (tertiary/aromatic N) is 3. The number of carbonyl (C=O) groups excluding carboxylic acids is 1. The Morgan fingerprint density at radius 2 is 1.93 bits per heavy atom. The summed E-state index contributed by atoms with van der Waals surface area (Å²) in [5.74, 6) is -0.480. The number of carbonyl (C=O) groups is 1. The second kappa shape index (κ2) is 9.03. The number of rotatable bonds is 5. The maximum Gasteiger partial charge on any atom is 0.309 e. The molecular formula is C20H27N3O4S. The van der Waals surface area contributed by atoms with Crippen LogP contribution in [0.5, 0.6) is 0 Å². The molecule has 0 radical (unpaired) electrons. The SMILES string of the molecule is CCN1CCCC(OC(=O)C2CCN(S(=O)(=O)c3ccccc3C#N)CC2)C1. The first-order valence-electron chi connectivity index (χ1n) is 9.87. The second-order valence-electron chi connectivity index (χ2n) is 7.38. The molecule has 8 heteroatoms. The minimum Gasteiger partial charge on any atom is -0.461 e. The Morgan fingerprint density at radius 3 is 2.61 bits per heavy atom. The van der Waals surface area contributed by atoms with E-state index in [0.717, 1.165) is 32.5 Å². The zero-order valence-corrected chi connectivity index (χ0v) is 17.0. The molecule has 2 fully saturated rings. The molecule has 1 aromatic carbocycles. The highest BCUT2D eigenvalue weighted by Gasteiger charge is 2.35. The summed E-state index contributed by atoms with van der Waals surface area (Å²) in [6.07, 6.45) is 2.74. The van der Waals surface area contributed by atoms with E-state index >= 15 is 0 Å². The number of likely N-dealkylation sites (tertiary alicyclic amines) is 1. The molecule has 7 nitrogen and oxygen atoms in total. The molecule has 0 N–H and O–H groups in total. The molecule has 2 aliphatic heterocycles. The van der Waals surface area contributed by atoms with E-state index in [4.69, 9.17) is 4.74 Å². The van der Waals surface area contributed by atoms with E-state index in [1.165, 1.54) is 16.4 Å². The van der Waals surface area contributed by atoms with Gasteiger partial charge in [-0.1, -0.05) is 19.1 Å². The lowest BCUT2D eigenvalue weighted by molar-refractivity contribution is -0.157. The Kier molecular flexibility index (Phi) is 6.70. The number of piperidine rings is 2. The average molecular weight is 406 g/mol. The molecule has 1 unspecified atom stereocenters. The van der Waals surface area contributed by atoms with Crippen LogP contribution in [0, 0.1) is 17.2 Å². The van der Waals surface area contributed by atoms with Crippen molar-refractivity contribution in [3.63, 3.8) is 0 Å². The van der Waals surface area contributed by atoms with Crippen LogP contribution in [0.1, 0.15) is 38.2 Å². The standard InChI is InChI=1S/C20H27N3O4S/c1-2-22-11-5-7-18(15-22)27-20(24)16-9-12-23(13-10-16)28(25,26)19-8-4-3-6-17(19)14-21/h3-4,6,8,16,18H,2,5,7,9-13,15H2,1H3. The van der Waals surface area contributed by atoms with E-state index in [9.17, 15) is 18.5 Å². The summed E-state index contributed by atoms with van der Waals surface area (Å²) < 4.78 is 32.8. The van der Waals surface area contributed by atoms with Crippen LogP contribution in [0.2, 0.25) is 0 Å². The largest absolute Gasteiger partial charge is 0.461 e. The first-order chi connectivity index (χ1) is 13.5. The molecule has 0 amide bonds. The first-order valence-corrected chi connectivity index (χ1v) is 11.3. The molecule has 1 aromatic rings. The van der Waals surface area contributed by atoms with Crippen molar-refractivity contribution in [1.82, 2.24) is 9.21 Å². The third kappa shape index (κ3) is 4.54. The fourth-order valence-corrected chi connectivity index (χ4v) is 5.52. The molecular weight excluding hydrogens is 378 g/mol. The molecule has 0 saturated carbocycles. The summed E-state index contributed by atoms with van der Waals surface area (Å²) >= 11 is 0. The average Bonchev–Trinajstić information content (AvgIpc) is 2.73. The van der Waals surface area contributed by atoms with Crippen molar-refractivity contribution < 1.29 is 17.9 Å². The zero-order valence-electron chi connectivity index (χ0n) is 16.2. The Labute approximate surface area is 166 Å². The number of ether oxygens (including phenoxy) is 1. The van der Waals surface area contributed by atoms with Gasteiger partial charge in [0.15, 0.2) is 0 Å². The molecule has 0 aromatic heterocycles. The van der Waals surface area contributed by atoms with E-state index in [1.54, 1.807) is 12.1 Å². The molecule has 0 spiro atoms. The quantitative estimate of drug-likeness (QED) is 0.696. The van der Waals surface area contributed by atoms with Gasteiger partial charge in [0.1, 0.15) is 12.2 Å². The van der Waals surface area contributed by atoms with Crippen molar-refractivity contribution in [3.05, 3.63) is 29.8 Å². The fraction of sp³-hybridized carbons (Fsp3) is 0.600. The predicted molar refractivity (Wildman–Crippen MR) is 104 cm³/mol. The van der Waals surface area contributed by atoms with Gasteiger partial charge in [0.25, 0.3) is 0 Å². The summed E-state index contributed by atoms with van der Waals surface area (Å²) in [5, 5.41) is 9.19. The highest BCUT2D eigenvalue weighted by molar-refractivity contribution is 7.89. The van der Waals surface area contributed by atoms with Gasteiger partial charge in [-0.3, -0.25) is 9.69 Å². The van der Waals surface area contributed by atoms with Crippen molar-refractivity contribution in [1.29, 1.82) is 5.26 Å². The van der Waals surface area contributed by atoms with E-state index in [-0.39, 0.29) is 41.5 Å². The van der Waals surface area contributed by atoms with Crippen LogP contribution in [-0.4, -0.2) is 62.4 Å². The zero-order chi connectivity index (χ0) is 20.1. The van der Waals surface area contributed by atoms with Crippen LogP contribution in [0.25, 0.3) is 0 Å². The summed E-state index contributed by atoms with van der Waals surface area (Å²) in [5.41, 5.74) is 0.141. The minimum absolute atomic E-state index is 0.0281. The number of sulfonamides is 1. The minimum atomic E-state index is -3.74. The maximum absolute atomic E-state index is 12.9. The molecule has 152 valence electrons. The maximum atomic E-state index is 12.9. The monoisotopic (exact) mass is 405 g/mol. The van der Waals surface area contributed by atoms with Gasteiger partial charge in [-0.2, -0.15) is 9.57 Å². The highest BCUT2D eigenvalue weighted by atomic mass is 32.2. The predicted octanol–water partition coefficient (Wildman–Crippen LogP) is 1.99. The normalized spacial score (nSPS) is 22.5. The van der Waals surface area contributed by atoms with Crippen molar-refractivity contribution in [2.75, 3.05) is 32.7 Å². The van der Waals surface area contributed by atoms with E-state index in [2.05, 4.69) is 11.8 Å². The van der Waals surface area contributed by atoms with Gasteiger partial charge in [-0.05, 0) is 50.9 Å². The van der Waals surface area contributed by atoms with Crippen molar-refractivity contribution in [2.24, 2.45) is 5.92 Å². The van der Waals surface area contributed by atoms with E-state index < -0.39 is 10.0 Å². The Balaban J connectivity index is 1.58. The lowest BCUT2D eigenvalue weighted by Gasteiger charge is -2.34. The molecule has 3 rings (SSSR count). The first kappa shape index (κ1) is 20.8. The lowest BCUT2D eigenvalue weighted by Crippen LogP contribution is -2.43. The molecule has 28 heavy (non-hydrogen) atoms. The Bertz CT molecular complexity index is 841. The molecule has 2 heterocycles. The van der Waals surface area contributed by atoms with Crippen LogP contribution in [0.4, 0.5) is 0 Å². The fourth-order valence-electron chi connectivity index (χ4n) is 3.91. The molecule has 0 bridgehead atoms. The van der Waals surface area contributed by atoms with Crippen LogP contribution in [0.15, 0.2) is 29.2 Å². The van der Waals surface area contributed by atoms with E-state index in [0.29, 0.717) is 12.8 Å². The Morgan fingerprint density at radius 1 is 1.21 bits per heavy atom. The Hall–Kier alpha value is -1.95. The molecule has 2 saturated heterocycles. The summed E-state index contributed by atoms with van der Waals surface area (Å²) in [4.78, 5) is 14.8. The van der Waals surface area contributed by atoms with Gasteiger partial charge in [-0.15, -0.1) is 0 Å². The topological polar surface area (TPSA) is 90.7 Å². The molecule has 1 atom stereocenters. The van der Waals surface area contributed by atoms with Gasteiger partial charge < -0.3 is 4.74 Å². The third-order valence-electron chi connectivity index (χ3n) is 5.60. The van der Waals surface area contributed by atoms with Gasteiger partial charge in [0.2, 0.25) is 10.0 Å². The van der Waals surface area contributed by atoms with Crippen molar-refractivity contribution in [3.8, 4) is 6.07 Å². The smallest absolute Gasteiger partial charge is 0.309 e. The molecule has 0 aliphatic carbocycles. The lowest BCUT2D eigenvalue weighted by atomic mass is 9.98. The van der Waals surface area contributed by atoms with Crippen LogP contribution >= 0.6 is 0 Å². The summed E-state index contributed by atoms with van der Waals surface area (Å²) in [6.45, 7) is 5.39. The van der Waals surface area contributed by atoms with Gasteiger partial charge in [0, 0.05) is 19.6 Å². The number of likely N-dealkylation sites (N-methyl/N-ethyl adjacent to an activating group) is 1. The number of esters is 1. The van der Waals surface area contributed by atoms with Crippen molar-refractivity contribution in [2.45, 2.75) is 43.6 Å². The van der Waals surface area contributed by atoms with Gasteiger partial charge >= 0.3 is 5.97 Å². The van der Waals surface area contributed by atoms with E-state index in [1.807, 2.05) is 6.07 Å². The number of hydrogen-bond acceptors (Lipinski definition) is 6. The number of nitriles is 1. The summed E-state index contributed by atoms with van der Waals surface area (Å²) in [6, 6.07) is 8.15. The number of hydrogen-bond donors (Lipinski definition) is 0. The molecule has 2 aliphatic rings. The summed E-state index contributed by atoms with van der Waals surface area (Å²) in [7, 11) is -3.74. The third-order valence-corrected chi connectivity index (χ3v) is 7.56.